The molecule has 3 aromatic heterocycles. The first-order valence-corrected chi connectivity index (χ1v) is 11.7. The number of anilines is 1. The highest BCUT2D eigenvalue weighted by molar-refractivity contribution is 7.92. The van der Waals surface area contributed by atoms with E-state index in [1.807, 2.05) is 26.8 Å². The summed E-state index contributed by atoms with van der Waals surface area (Å²) in [4.78, 5) is 18.6. The van der Waals surface area contributed by atoms with E-state index in [2.05, 4.69) is 26.9 Å². The van der Waals surface area contributed by atoms with E-state index in [9.17, 15) is 13.2 Å². The quantitative estimate of drug-likeness (QED) is 0.417. The third kappa shape index (κ3) is 3.68. The van der Waals surface area contributed by atoms with Crippen LogP contribution in [-0.2, 0) is 10.0 Å². The average molecular weight is 464 g/mol. The molecule has 0 fully saturated rings. The molecule has 0 spiro atoms. The first kappa shape index (κ1) is 21.0. The Morgan fingerprint density at radius 2 is 1.79 bits per heavy atom. The number of hydrogen-bond donors (Lipinski definition) is 2. The zero-order chi connectivity index (χ0) is 23.5. The number of aromatic amines is 1. The van der Waals surface area contributed by atoms with Crippen LogP contribution in [-0.4, -0.2) is 28.2 Å². The van der Waals surface area contributed by atoms with E-state index in [1.54, 1.807) is 13.0 Å². The Kier molecular flexibility index (Phi) is 4.64. The SMILES string of the molecule is Cc1cc(C)c2nc(-n3nc(C)cc3NS(=O)(=O)c3ccc4[nH]c(=O)oc4c3)cc(C)c2c1. The second kappa shape index (κ2) is 7.31. The minimum Gasteiger partial charge on any atom is -0.408 e. The summed E-state index contributed by atoms with van der Waals surface area (Å²) in [5.74, 6) is 0.105. The summed E-state index contributed by atoms with van der Waals surface area (Å²) in [7, 11) is -3.99. The lowest BCUT2D eigenvalue weighted by Crippen LogP contribution is -2.16. The van der Waals surface area contributed by atoms with Gasteiger partial charge >= 0.3 is 5.76 Å². The Balaban J connectivity index is 1.60. The lowest BCUT2D eigenvalue weighted by atomic mass is 10.0. The topological polar surface area (TPSA) is 123 Å². The van der Waals surface area contributed by atoms with E-state index in [0.717, 1.165) is 27.6 Å². The van der Waals surface area contributed by atoms with Crippen LogP contribution in [0.4, 0.5) is 5.82 Å². The van der Waals surface area contributed by atoms with E-state index >= 15 is 0 Å². The number of sulfonamides is 1. The van der Waals surface area contributed by atoms with E-state index in [0.29, 0.717) is 17.0 Å². The number of rotatable bonds is 4. The van der Waals surface area contributed by atoms with Crippen molar-refractivity contribution < 1.29 is 12.8 Å². The average Bonchev–Trinajstić information content (AvgIpc) is 3.28. The van der Waals surface area contributed by atoms with Crippen molar-refractivity contribution in [1.29, 1.82) is 0 Å². The summed E-state index contributed by atoms with van der Waals surface area (Å²) in [5.41, 5.74) is 5.23. The van der Waals surface area contributed by atoms with Crippen molar-refractivity contribution in [2.45, 2.75) is 32.6 Å². The van der Waals surface area contributed by atoms with E-state index in [1.165, 1.54) is 22.9 Å². The molecule has 0 radical (unpaired) electrons. The summed E-state index contributed by atoms with van der Waals surface area (Å²) >= 11 is 0. The number of nitrogens with zero attached hydrogens (tertiary/aromatic N) is 3. The lowest BCUT2D eigenvalue weighted by Gasteiger charge is -2.13. The number of nitrogens with one attached hydrogen (secondary N) is 2. The summed E-state index contributed by atoms with van der Waals surface area (Å²) < 4.78 is 35.3. The molecule has 0 saturated heterocycles. The molecule has 0 atom stereocenters. The molecule has 0 saturated carbocycles. The molecule has 5 aromatic rings. The van der Waals surface area contributed by atoms with Crippen molar-refractivity contribution in [1.82, 2.24) is 19.7 Å². The van der Waals surface area contributed by atoms with Crippen molar-refractivity contribution in [2.75, 3.05) is 4.72 Å². The number of benzene rings is 2. The minimum atomic E-state index is -3.99. The predicted octanol–water partition coefficient (Wildman–Crippen LogP) is 3.89. The zero-order valence-corrected chi connectivity index (χ0v) is 19.2. The van der Waals surface area contributed by atoms with Gasteiger partial charge in [0.05, 0.1) is 21.6 Å². The summed E-state index contributed by atoms with van der Waals surface area (Å²) in [5, 5.41) is 5.51. The number of fused-ring (bicyclic) bond motifs is 2. The molecule has 10 heteroatoms. The number of H-pyrrole nitrogens is 1. The van der Waals surface area contributed by atoms with Gasteiger partial charge in [-0.25, -0.2) is 18.2 Å². The van der Waals surface area contributed by atoms with E-state index < -0.39 is 15.8 Å². The Labute approximate surface area is 189 Å². The fourth-order valence-electron chi connectivity index (χ4n) is 3.97. The van der Waals surface area contributed by atoms with Gasteiger partial charge in [-0.05, 0) is 63.1 Å². The molecule has 0 amide bonds. The molecule has 3 heterocycles. The zero-order valence-electron chi connectivity index (χ0n) is 18.4. The van der Waals surface area contributed by atoms with Crippen LogP contribution in [0.25, 0.3) is 27.8 Å². The lowest BCUT2D eigenvalue weighted by molar-refractivity contribution is 0.554. The molecule has 0 aliphatic heterocycles. The Morgan fingerprint density at radius 3 is 2.58 bits per heavy atom. The molecule has 0 aliphatic rings. The third-order valence-electron chi connectivity index (χ3n) is 5.43. The van der Waals surface area contributed by atoms with Crippen molar-refractivity contribution >= 4 is 37.8 Å². The molecule has 9 nitrogen and oxygen atoms in total. The molecule has 0 aliphatic carbocycles. The van der Waals surface area contributed by atoms with Gasteiger partial charge < -0.3 is 4.42 Å². The molecule has 5 rings (SSSR count). The largest absolute Gasteiger partial charge is 0.417 e. The number of aromatic nitrogens is 4. The van der Waals surface area contributed by atoms with Crippen LogP contribution in [0.1, 0.15) is 22.4 Å². The monoisotopic (exact) mass is 463 g/mol. The maximum absolute atomic E-state index is 13.1. The van der Waals surface area contributed by atoms with Gasteiger partial charge in [0.15, 0.2) is 11.4 Å². The molecule has 2 aromatic carbocycles. The van der Waals surface area contributed by atoms with Gasteiger partial charge in [-0.1, -0.05) is 11.6 Å². The fourth-order valence-corrected chi connectivity index (χ4v) is 5.02. The van der Waals surface area contributed by atoms with Crippen LogP contribution >= 0.6 is 0 Å². The second-order valence-corrected chi connectivity index (χ2v) is 9.82. The van der Waals surface area contributed by atoms with Gasteiger partial charge in [-0.15, -0.1) is 0 Å². The first-order valence-electron chi connectivity index (χ1n) is 10.2. The van der Waals surface area contributed by atoms with Gasteiger partial charge in [-0.2, -0.15) is 9.78 Å². The van der Waals surface area contributed by atoms with Gasteiger partial charge in [-0.3, -0.25) is 9.71 Å². The van der Waals surface area contributed by atoms with Crippen molar-refractivity contribution in [2.24, 2.45) is 0 Å². The maximum atomic E-state index is 13.1. The van der Waals surface area contributed by atoms with Crippen molar-refractivity contribution in [3.63, 3.8) is 0 Å². The highest BCUT2D eigenvalue weighted by Crippen LogP contribution is 2.27. The standard InChI is InChI=1S/C23H21N5O4S/c1-12-7-14(3)22-17(8-12)13(2)9-20(25-22)28-21(10-15(4)26-28)27-33(30,31)16-5-6-18-19(11-16)32-23(29)24-18/h5-11,27H,1-4H3,(H,24,29). The summed E-state index contributed by atoms with van der Waals surface area (Å²) in [6.45, 7) is 7.81. The summed E-state index contributed by atoms with van der Waals surface area (Å²) in [6.07, 6.45) is 0. The maximum Gasteiger partial charge on any atom is 0.417 e. The Morgan fingerprint density at radius 1 is 1.00 bits per heavy atom. The molecule has 2 N–H and O–H groups in total. The predicted molar refractivity (Wildman–Crippen MR) is 125 cm³/mol. The van der Waals surface area contributed by atoms with Crippen LogP contribution in [0.15, 0.2) is 56.6 Å². The van der Waals surface area contributed by atoms with E-state index in [4.69, 9.17) is 9.40 Å². The molecular formula is C23H21N5O4S. The highest BCUT2D eigenvalue weighted by atomic mass is 32.2. The van der Waals surface area contributed by atoms with Gasteiger partial charge in [0.1, 0.15) is 5.82 Å². The Bertz CT molecular complexity index is 1730. The second-order valence-electron chi connectivity index (χ2n) is 8.14. The molecule has 0 bridgehead atoms. The minimum absolute atomic E-state index is 0.0443. The molecule has 33 heavy (non-hydrogen) atoms. The normalized spacial score (nSPS) is 12.0. The third-order valence-corrected chi connectivity index (χ3v) is 6.78. The number of aryl methyl sites for hydroxylation is 4. The summed E-state index contributed by atoms with van der Waals surface area (Å²) in [6, 6.07) is 11.8. The molecule has 0 unspecified atom stereocenters. The molecule has 168 valence electrons. The van der Waals surface area contributed by atoms with Crippen LogP contribution in [0.2, 0.25) is 0 Å². The van der Waals surface area contributed by atoms with Gasteiger partial charge in [0.25, 0.3) is 10.0 Å². The van der Waals surface area contributed by atoms with Gasteiger partial charge in [0.2, 0.25) is 0 Å². The highest BCUT2D eigenvalue weighted by Gasteiger charge is 2.20. The Hall–Kier alpha value is -3.92. The number of hydrogen-bond acceptors (Lipinski definition) is 6. The fraction of sp³-hybridized carbons (Fsp3) is 0.174. The van der Waals surface area contributed by atoms with E-state index in [-0.39, 0.29) is 16.3 Å². The van der Waals surface area contributed by atoms with Crippen molar-refractivity contribution in [3.05, 3.63) is 75.4 Å². The van der Waals surface area contributed by atoms with Crippen molar-refractivity contribution in [3.8, 4) is 5.82 Å². The smallest absolute Gasteiger partial charge is 0.408 e. The molecular weight excluding hydrogens is 442 g/mol. The van der Waals surface area contributed by atoms with Crippen LogP contribution in [0, 0.1) is 27.7 Å². The van der Waals surface area contributed by atoms with Crippen LogP contribution in [0.5, 0.6) is 0 Å². The number of pyridine rings is 1. The van der Waals surface area contributed by atoms with Gasteiger partial charge in [0, 0.05) is 17.5 Å². The van der Waals surface area contributed by atoms with Crippen LogP contribution < -0.4 is 10.5 Å². The first-order chi connectivity index (χ1) is 15.6. The van der Waals surface area contributed by atoms with Crippen LogP contribution in [0.3, 0.4) is 0 Å². The number of oxazole rings is 1.